The van der Waals surface area contributed by atoms with E-state index in [4.69, 9.17) is 26.8 Å². The smallest absolute Gasteiger partial charge is 0.255 e. The van der Waals surface area contributed by atoms with Crippen molar-refractivity contribution >= 4 is 35.2 Å². The lowest BCUT2D eigenvalue weighted by atomic mass is 10.0. The second-order valence-electron chi connectivity index (χ2n) is 6.09. The summed E-state index contributed by atoms with van der Waals surface area (Å²) in [5.74, 6) is -0.255. The van der Waals surface area contributed by atoms with Crippen LogP contribution in [0.2, 0.25) is 5.02 Å². The monoisotopic (exact) mass is 424 g/mol. The number of hydrogen-bond acceptors (Lipinski definition) is 5. The summed E-state index contributed by atoms with van der Waals surface area (Å²) in [6.45, 7) is -0.371. The quantitative estimate of drug-likeness (QED) is 0.742. The number of carbonyl (C=O) groups excluding carboxylic acids is 2. The number of thioether (sulfide) groups is 1. The van der Waals surface area contributed by atoms with E-state index in [0.717, 1.165) is 16.2 Å². The van der Waals surface area contributed by atoms with Gasteiger partial charge in [0.05, 0.1) is 18.2 Å². The van der Waals surface area contributed by atoms with Crippen molar-refractivity contribution in [1.29, 1.82) is 0 Å². The Morgan fingerprint density at radius 1 is 1.36 bits per heavy atom. The van der Waals surface area contributed by atoms with Gasteiger partial charge in [0.25, 0.3) is 11.8 Å². The molecule has 2 amide bonds. The molecule has 0 saturated carbocycles. The number of primary amides is 1. The normalized spacial score (nSPS) is 15.5. The van der Waals surface area contributed by atoms with Crippen LogP contribution in [0.3, 0.4) is 0 Å². The third-order valence-corrected chi connectivity index (χ3v) is 5.57. The fourth-order valence-corrected chi connectivity index (χ4v) is 4.26. The first-order valence-corrected chi connectivity index (χ1v) is 9.77. The summed E-state index contributed by atoms with van der Waals surface area (Å²) in [6.07, 6.45) is 0.678. The van der Waals surface area contributed by atoms with Crippen LogP contribution in [0.25, 0.3) is 0 Å². The van der Waals surface area contributed by atoms with Gasteiger partial charge in [-0.2, -0.15) is 0 Å². The molecule has 9 heteroatoms. The predicted molar refractivity (Wildman–Crippen MR) is 105 cm³/mol. The Kier molecular flexibility index (Phi) is 6.31. The number of fused-ring (bicyclic) bond motifs is 1. The molecule has 1 aliphatic rings. The number of nitrogens with two attached hydrogens (primary N) is 1. The van der Waals surface area contributed by atoms with Crippen LogP contribution in [0.1, 0.15) is 28.4 Å². The average molecular weight is 425 g/mol. The number of rotatable bonds is 6. The van der Waals surface area contributed by atoms with E-state index in [1.807, 2.05) is 0 Å². The van der Waals surface area contributed by atoms with Gasteiger partial charge in [0.15, 0.2) is 18.1 Å². The summed E-state index contributed by atoms with van der Waals surface area (Å²) < 4.78 is 24.1. The molecule has 28 heavy (non-hydrogen) atoms. The van der Waals surface area contributed by atoms with Crippen molar-refractivity contribution in [2.24, 2.45) is 5.73 Å². The zero-order valence-corrected chi connectivity index (χ0v) is 16.5. The van der Waals surface area contributed by atoms with Gasteiger partial charge in [0, 0.05) is 16.2 Å². The summed E-state index contributed by atoms with van der Waals surface area (Å²) in [7, 11) is 1.39. The third kappa shape index (κ3) is 4.51. The molecule has 1 aliphatic heterocycles. The maximum Gasteiger partial charge on any atom is 0.255 e. The van der Waals surface area contributed by atoms with Crippen LogP contribution in [0, 0.1) is 5.82 Å². The van der Waals surface area contributed by atoms with E-state index in [2.05, 4.69) is 5.32 Å². The van der Waals surface area contributed by atoms with E-state index in [1.54, 1.807) is 17.8 Å². The highest BCUT2D eigenvalue weighted by atomic mass is 35.5. The van der Waals surface area contributed by atoms with Gasteiger partial charge in [0.2, 0.25) is 0 Å². The van der Waals surface area contributed by atoms with Gasteiger partial charge in [-0.05, 0) is 42.3 Å². The zero-order valence-electron chi connectivity index (χ0n) is 15.0. The molecule has 0 aliphatic carbocycles. The predicted octanol–water partition coefficient (Wildman–Crippen LogP) is 3.32. The number of amides is 2. The van der Waals surface area contributed by atoms with E-state index in [9.17, 15) is 14.0 Å². The molecular weight excluding hydrogens is 407 g/mol. The molecule has 2 aromatic rings. The second-order valence-corrected chi connectivity index (χ2v) is 7.63. The van der Waals surface area contributed by atoms with Gasteiger partial charge < -0.3 is 20.5 Å². The van der Waals surface area contributed by atoms with Crippen molar-refractivity contribution in [2.45, 2.75) is 17.4 Å². The summed E-state index contributed by atoms with van der Waals surface area (Å²) in [5.41, 5.74) is 6.08. The van der Waals surface area contributed by atoms with Crippen LogP contribution >= 0.6 is 23.4 Å². The Labute approximate surface area is 170 Å². The summed E-state index contributed by atoms with van der Waals surface area (Å²) in [5, 5.41) is 3.03. The Balaban J connectivity index is 1.83. The Bertz CT molecular complexity index is 925. The number of hydrogen-bond donors (Lipinski definition) is 2. The van der Waals surface area contributed by atoms with Gasteiger partial charge in [-0.15, -0.1) is 11.8 Å². The van der Waals surface area contributed by atoms with Crippen LogP contribution in [0.4, 0.5) is 4.39 Å². The lowest BCUT2D eigenvalue weighted by Gasteiger charge is -2.26. The van der Waals surface area contributed by atoms with Gasteiger partial charge in [-0.3, -0.25) is 9.59 Å². The summed E-state index contributed by atoms with van der Waals surface area (Å²) in [6, 6.07) is 7.14. The van der Waals surface area contributed by atoms with Crippen molar-refractivity contribution in [1.82, 2.24) is 5.32 Å². The van der Waals surface area contributed by atoms with Crippen molar-refractivity contribution in [3.63, 3.8) is 0 Å². The Morgan fingerprint density at radius 2 is 2.14 bits per heavy atom. The van der Waals surface area contributed by atoms with Crippen LogP contribution in [-0.2, 0) is 4.79 Å². The largest absolute Gasteiger partial charge is 0.493 e. The Morgan fingerprint density at radius 3 is 2.86 bits per heavy atom. The van der Waals surface area contributed by atoms with Crippen molar-refractivity contribution in [2.75, 3.05) is 19.5 Å². The molecule has 3 rings (SSSR count). The van der Waals surface area contributed by atoms with Crippen LogP contribution < -0.4 is 20.5 Å². The van der Waals surface area contributed by atoms with Crippen LogP contribution in [0.15, 0.2) is 35.2 Å². The third-order valence-electron chi connectivity index (χ3n) is 4.17. The maximum atomic E-state index is 13.7. The molecular formula is C19H18ClFN2O4S. The van der Waals surface area contributed by atoms with Gasteiger partial charge in [0.1, 0.15) is 5.82 Å². The first-order valence-electron chi connectivity index (χ1n) is 8.40. The van der Waals surface area contributed by atoms with Crippen LogP contribution in [-0.4, -0.2) is 31.3 Å². The zero-order chi connectivity index (χ0) is 20.3. The summed E-state index contributed by atoms with van der Waals surface area (Å²) >= 11 is 7.82. The molecule has 0 saturated heterocycles. The number of ether oxygens (including phenoxy) is 2. The van der Waals surface area contributed by atoms with Gasteiger partial charge >= 0.3 is 0 Å². The molecule has 1 atom stereocenters. The molecule has 3 N–H and O–H groups in total. The number of nitrogens with one attached hydrogen (secondary N) is 1. The number of benzene rings is 2. The van der Waals surface area contributed by atoms with Crippen LogP contribution in [0.5, 0.6) is 11.5 Å². The van der Waals surface area contributed by atoms with Crippen molar-refractivity contribution in [3.05, 3.63) is 52.3 Å². The minimum Gasteiger partial charge on any atom is -0.493 e. The van der Waals surface area contributed by atoms with Gasteiger partial charge in [-0.1, -0.05) is 11.6 Å². The highest BCUT2D eigenvalue weighted by Gasteiger charge is 2.24. The minimum absolute atomic E-state index is 0.108. The molecule has 0 bridgehead atoms. The fraction of sp³-hybridized carbons (Fsp3) is 0.263. The molecule has 0 aromatic heterocycles. The molecule has 148 valence electrons. The van der Waals surface area contributed by atoms with Crippen molar-refractivity contribution < 1.29 is 23.5 Å². The molecule has 1 heterocycles. The fourth-order valence-electron chi connectivity index (χ4n) is 2.89. The summed E-state index contributed by atoms with van der Waals surface area (Å²) in [4.78, 5) is 24.6. The van der Waals surface area contributed by atoms with Gasteiger partial charge in [-0.25, -0.2) is 4.39 Å². The first-order chi connectivity index (χ1) is 13.4. The average Bonchev–Trinajstić information content (AvgIpc) is 2.66. The van der Waals surface area contributed by atoms with E-state index < -0.39 is 5.91 Å². The number of methoxy groups -OCH3 is 1. The molecule has 2 aromatic carbocycles. The topological polar surface area (TPSA) is 90.7 Å². The number of halogens is 2. The highest BCUT2D eigenvalue weighted by Crippen LogP contribution is 2.38. The molecule has 0 fully saturated rings. The number of carbonyl (C=O) groups is 2. The van der Waals surface area contributed by atoms with Crippen molar-refractivity contribution in [3.8, 4) is 11.5 Å². The SMILES string of the molecule is COc1cc(C(=O)NC2CCSc3ccc(F)cc32)cc(Cl)c1OCC(N)=O. The Hall–Kier alpha value is -2.45. The van der Waals surface area contributed by atoms with E-state index in [1.165, 1.54) is 31.4 Å². The molecule has 0 radical (unpaired) electrons. The van der Waals surface area contributed by atoms with E-state index in [-0.39, 0.29) is 46.5 Å². The van der Waals surface area contributed by atoms with E-state index in [0.29, 0.717) is 6.42 Å². The lowest BCUT2D eigenvalue weighted by Crippen LogP contribution is -2.30. The standard InChI is InChI=1S/C19H18ClFN2O4S/c1-26-15-7-10(6-13(20)18(15)27-9-17(22)24)19(25)23-14-4-5-28-16-3-2-11(21)8-12(14)16/h2-3,6-8,14H,4-5,9H2,1H3,(H2,22,24)(H,23,25). The van der Waals surface area contributed by atoms with E-state index >= 15 is 0 Å². The maximum absolute atomic E-state index is 13.7. The lowest BCUT2D eigenvalue weighted by molar-refractivity contribution is -0.119. The first kappa shape index (κ1) is 20.3. The molecule has 1 unspecified atom stereocenters. The highest BCUT2D eigenvalue weighted by molar-refractivity contribution is 7.99. The second kappa shape index (κ2) is 8.70. The minimum atomic E-state index is -0.666. The molecule has 6 nitrogen and oxygen atoms in total. The molecule has 0 spiro atoms.